The maximum Gasteiger partial charge on any atom is 0.374 e. The first kappa shape index (κ1) is 25.3. The van der Waals surface area contributed by atoms with E-state index in [1.807, 2.05) is 0 Å². The van der Waals surface area contributed by atoms with E-state index in [0.29, 0.717) is 29.1 Å². The Morgan fingerprint density at radius 3 is 2.17 bits per heavy atom. The van der Waals surface area contributed by atoms with Crippen LogP contribution in [0.1, 0.15) is 106 Å². The molecule has 0 aromatic rings. The van der Waals surface area contributed by atoms with E-state index in [2.05, 4.69) is 34.6 Å². The van der Waals surface area contributed by atoms with Crippen molar-refractivity contribution in [2.24, 2.45) is 50.7 Å². The third-order valence-corrected chi connectivity index (χ3v) is 13.0. The molecule has 5 heteroatoms. The molecule has 0 amide bonds. The van der Waals surface area contributed by atoms with Crippen LogP contribution in [-0.4, -0.2) is 30.9 Å². The molecule has 0 radical (unpaired) electrons. The normalized spacial score (nSPS) is 47.9. The maximum absolute atomic E-state index is 12.4. The van der Waals surface area contributed by atoms with Gasteiger partial charge in [0.1, 0.15) is 6.10 Å². The monoisotopic (exact) mass is 486 g/mol. The summed E-state index contributed by atoms with van der Waals surface area (Å²) in [5, 5.41) is 0. The van der Waals surface area contributed by atoms with E-state index < -0.39 is 5.97 Å². The predicted molar refractivity (Wildman–Crippen MR) is 133 cm³/mol. The fourth-order valence-corrected chi connectivity index (χ4v) is 11.3. The standard InChI is InChI=1S/C30H46O5/c1-18(16-21(32)25(33)34-7)20-10-12-28(6)23-9-8-22-26(3,4)24(35-19(2)31)11-13-29(22)17-30(23,29)15-14-27(20,28)5/h18,20,22-24H,8-17H2,1-7H3/t18-,20?,22+,23?,24?,27?,28+,29?,30?/m1/s1. The van der Waals surface area contributed by atoms with Gasteiger partial charge >= 0.3 is 11.9 Å². The Morgan fingerprint density at radius 2 is 1.51 bits per heavy atom. The number of carbonyl (C=O) groups is 3. The Bertz CT molecular complexity index is 939. The third-order valence-electron chi connectivity index (χ3n) is 13.0. The van der Waals surface area contributed by atoms with Gasteiger partial charge < -0.3 is 9.47 Å². The first-order valence-electron chi connectivity index (χ1n) is 14.1. The largest absolute Gasteiger partial charge is 0.463 e. The SMILES string of the molecule is COC(=O)C(=O)C[C@@H](C)C1CC[C@@]2(C)C3CC[C@H]4C(C)(C)C(OC(C)=O)CCC45CC35CCC12C. The zero-order chi connectivity index (χ0) is 25.6. The number of hydrogen-bond acceptors (Lipinski definition) is 5. The molecule has 6 unspecified atom stereocenters. The lowest BCUT2D eigenvalue weighted by Gasteiger charge is -2.63. The van der Waals surface area contributed by atoms with Crippen molar-refractivity contribution in [1.29, 1.82) is 0 Å². The number of fused-ring (bicyclic) bond motifs is 2. The molecule has 0 aromatic heterocycles. The molecule has 5 fully saturated rings. The van der Waals surface area contributed by atoms with E-state index in [1.54, 1.807) is 6.92 Å². The van der Waals surface area contributed by atoms with Crippen molar-refractivity contribution in [3.05, 3.63) is 0 Å². The molecule has 5 aliphatic carbocycles. The lowest BCUT2D eigenvalue weighted by atomic mass is 9.41. The molecule has 5 saturated carbocycles. The van der Waals surface area contributed by atoms with E-state index in [1.165, 1.54) is 52.1 Å². The molecular weight excluding hydrogens is 440 g/mol. The van der Waals surface area contributed by atoms with Crippen LogP contribution >= 0.6 is 0 Å². The minimum absolute atomic E-state index is 0.0288. The molecule has 196 valence electrons. The number of Topliss-reactive ketones (excluding diaryl/α,β-unsaturated/α-hetero) is 1. The van der Waals surface area contributed by atoms with Gasteiger partial charge in [0.25, 0.3) is 0 Å². The van der Waals surface area contributed by atoms with E-state index in [4.69, 9.17) is 9.47 Å². The van der Waals surface area contributed by atoms with Gasteiger partial charge in [-0.15, -0.1) is 0 Å². The fourth-order valence-electron chi connectivity index (χ4n) is 11.3. The van der Waals surface area contributed by atoms with Crippen LogP contribution in [0.3, 0.4) is 0 Å². The quantitative estimate of drug-likeness (QED) is 0.346. The van der Waals surface area contributed by atoms with Crippen LogP contribution in [-0.2, 0) is 23.9 Å². The Balaban J connectivity index is 1.39. The van der Waals surface area contributed by atoms with Crippen molar-refractivity contribution in [2.45, 2.75) is 112 Å². The van der Waals surface area contributed by atoms with Gasteiger partial charge in [-0.1, -0.05) is 34.6 Å². The second-order valence-electron chi connectivity index (χ2n) is 14.2. The average molecular weight is 487 g/mol. The second-order valence-corrected chi connectivity index (χ2v) is 14.2. The van der Waals surface area contributed by atoms with Gasteiger partial charge in [-0.3, -0.25) is 9.59 Å². The van der Waals surface area contributed by atoms with Gasteiger partial charge in [0.05, 0.1) is 7.11 Å². The summed E-state index contributed by atoms with van der Waals surface area (Å²) < 4.78 is 10.6. The summed E-state index contributed by atoms with van der Waals surface area (Å²) in [6.45, 7) is 13.5. The smallest absolute Gasteiger partial charge is 0.374 e. The number of ketones is 1. The van der Waals surface area contributed by atoms with Crippen LogP contribution in [0.25, 0.3) is 0 Å². The van der Waals surface area contributed by atoms with Gasteiger partial charge in [-0.05, 0) is 103 Å². The summed E-state index contributed by atoms with van der Waals surface area (Å²) in [6.07, 6.45) is 11.3. The molecule has 35 heavy (non-hydrogen) atoms. The van der Waals surface area contributed by atoms with Crippen LogP contribution < -0.4 is 0 Å². The van der Waals surface area contributed by atoms with Crippen molar-refractivity contribution in [2.75, 3.05) is 7.11 Å². The lowest BCUT2D eigenvalue weighted by molar-refractivity contribution is -0.181. The van der Waals surface area contributed by atoms with E-state index >= 15 is 0 Å². The van der Waals surface area contributed by atoms with Crippen LogP contribution in [0, 0.1) is 50.7 Å². The van der Waals surface area contributed by atoms with Crippen LogP contribution in [0.2, 0.25) is 0 Å². The van der Waals surface area contributed by atoms with E-state index in [-0.39, 0.29) is 40.0 Å². The summed E-state index contributed by atoms with van der Waals surface area (Å²) in [4.78, 5) is 36.0. The lowest BCUT2D eigenvalue weighted by Crippen LogP contribution is -2.58. The molecule has 0 heterocycles. The van der Waals surface area contributed by atoms with Crippen LogP contribution in [0.15, 0.2) is 0 Å². The number of esters is 2. The average Bonchev–Trinajstić information content (AvgIpc) is 3.37. The number of ether oxygens (including phenoxy) is 2. The number of carbonyl (C=O) groups excluding carboxylic acids is 3. The molecular formula is C30H46O5. The van der Waals surface area contributed by atoms with E-state index in [9.17, 15) is 14.4 Å². The van der Waals surface area contributed by atoms with Gasteiger partial charge in [0.15, 0.2) is 0 Å². The highest BCUT2D eigenvalue weighted by Gasteiger charge is 2.82. The predicted octanol–water partition coefficient (Wildman–Crippen LogP) is 6.13. The first-order valence-corrected chi connectivity index (χ1v) is 14.1. The molecule has 0 saturated heterocycles. The Labute approximate surface area is 211 Å². The minimum Gasteiger partial charge on any atom is -0.463 e. The minimum atomic E-state index is -0.699. The highest BCUT2D eigenvalue weighted by Crippen LogP contribution is 2.89. The summed E-state index contributed by atoms with van der Waals surface area (Å²) in [7, 11) is 1.29. The molecule has 5 nitrogen and oxygen atoms in total. The molecule has 0 bridgehead atoms. The van der Waals surface area contributed by atoms with E-state index in [0.717, 1.165) is 18.8 Å². The highest BCUT2D eigenvalue weighted by atomic mass is 16.5. The number of rotatable bonds is 5. The molecule has 0 aliphatic heterocycles. The van der Waals surface area contributed by atoms with Crippen molar-refractivity contribution in [3.8, 4) is 0 Å². The number of hydrogen-bond donors (Lipinski definition) is 0. The molecule has 5 aliphatic rings. The second kappa shape index (κ2) is 7.81. The molecule has 2 spiro atoms. The summed E-state index contributed by atoms with van der Waals surface area (Å²) in [5.41, 5.74) is 1.39. The molecule has 0 N–H and O–H groups in total. The van der Waals surface area contributed by atoms with Gasteiger partial charge in [0.2, 0.25) is 5.78 Å². The third kappa shape index (κ3) is 3.14. The summed E-state index contributed by atoms with van der Waals surface area (Å²) in [6, 6.07) is 0. The van der Waals surface area contributed by atoms with Crippen LogP contribution in [0.4, 0.5) is 0 Å². The Morgan fingerprint density at radius 1 is 0.857 bits per heavy atom. The summed E-state index contributed by atoms with van der Waals surface area (Å²) >= 11 is 0. The van der Waals surface area contributed by atoms with Crippen molar-refractivity contribution in [3.63, 3.8) is 0 Å². The number of methoxy groups -OCH3 is 1. The molecule has 0 aromatic carbocycles. The van der Waals surface area contributed by atoms with Gasteiger partial charge in [0, 0.05) is 18.8 Å². The van der Waals surface area contributed by atoms with Crippen LogP contribution in [0.5, 0.6) is 0 Å². The Hall–Kier alpha value is -1.39. The zero-order valence-electron chi connectivity index (χ0n) is 23.0. The fraction of sp³-hybridized carbons (Fsp3) is 0.900. The van der Waals surface area contributed by atoms with Crippen molar-refractivity contribution in [1.82, 2.24) is 0 Å². The highest BCUT2D eigenvalue weighted by molar-refractivity contribution is 6.33. The Kier molecular flexibility index (Phi) is 5.64. The van der Waals surface area contributed by atoms with Crippen molar-refractivity contribution < 1.29 is 23.9 Å². The zero-order valence-corrected chi connectivity index (χ0v) is 23.0. The molecule has 5 rings (SSSR count). The summed E-state index contributed by atoms with van der Waals surface area (Å²) in [5.74, 6) is 0.822. The van der Waals surface area contributed by atoms with Gasteiger partial charge in [-0.2, -0.15) is 0 Å². The molecule has 9 atom stereocenters. The van der Waals surface area contributed by atoms with Crippen molar-refractivity contribution >= 4 is 17.7 Å². The topological polar surface area (TPSA) is 69.7 Å². The first-order chi connectivity index (χ1) is 16.3. The van der Waals surface area contributed by atoms with Gasteiger partial charge in [-0.25, -0.2) is 4.79 Å². The maximum atomic E-state index is 12.4.